The van der Waals surface area contributed by atoms with E-state index in [-0.39, 0.29) is 15.4 Å². The molecular formula is C23H21ClNO4S. The zero-order valence-electron chi connectivity index (χ0n) is 16.1. The first kappa shape index (κ1) is 22.2. The smallest absolute Gasteiger partial charge is 0.233 e. The van der Waals surface area contributed by atoms with E-state index < -0.39 is 15.9 Å². The van der Waals surface area contributed by atoms with Gasteiger partial charge in [0.05, 0.1) is 15.9 Å². The highest BCUT2D eigenvalue weighted by Crippen LogP contribution is 2.22. The Labute approximate surface area is 181 Å². The molecule has 0 aliphatic carbocycles. The summed E-state index contributed by atoms with van der Waals surface area (Å²) in [6.07, 6.45) is 1.73. The number of aliphatic hydroxyl groups is 1. The van der Waals surface area contributed by atoms with Crippen molar-refractivity contribution in [3.63, 3.8) is 0 Å². The van der Waals surface area contributed by atoms with E-state index in [0.717, 1.165) is 11.1 Å². The molecule has 0 bridgehead atoms. The highest BCUT2D eigenvalue weighted by molar-refractivity contribution is 7.91. The van der Waals surface area contributed by atoms with Gasteiger partial charge in [0, 0.05) is 17.1 Å². The summed E-state index contributed by atoms with van der Waals surface area (Å²) in [5, 5.41) is 14.0. The second-order valence-corrected chi connectivity index (χ2v) is 9.19. The van der Waals surface area contributed by atoms with Crippen LogP contribution < -0.4 is 5.32 Å². The van der Waals surface area contributed by atoms with Crippen molar-refractivity contribution in [1.29, 1.82) is 0 Å². The molecule has 1 atom stereocenters. The van der Waals surface area contributed by atoms with Crippen LogP contribution in [-0.2, 0) is 21.1 Å². The maximum atomic E-state index is 12.7. The minimum absolute atomic E-state index is 0.0627. The van der Waals surface area contributed by atoms with E-state index in [4.69, 9.17) is 11.6 Å². The van der Waals surface area contributed by atoms with Crippen molar-refractivity contribution in [1.82, 2.24) is 5.32 Å². The maximum absolute atomic E-state index is 12.7. The summed E-state index contributed by atoms with van der Waals surface area (Å²) in [4.78, 5) is 11.0. The number of benzene rings is 3. The van der Waals surface area contributed by atoms with Crippen LogP contribution in [0.15, 0.2) is 82.6 Å². The van der Waals surface area contributed by atoms with E-state index in [1.807, 2.05) is 6.07 Å². The van der Waals surface area contributed by atoms with E-state index in [1.165, 1.54) is 24.3 Å². The highest BCUT2D eigenvalue weighted by Gasteiger charge is 2.18. The van der Waals surface area contributed by atoms with Gasteiger partial charge < -0.3 is 10.4 Å². The van der Waals surface area contributed by atoms with Crippen LogP contribution in [0.2, 0.25) is 5.02 Å². The third-order valence-electron chi connectivity index (χ3n) is 4.66. The quantitative estimate of drug-likeness (QED) is 0.495. The Morgan fingerprint density at radius 2 is 1.70 bits per heavy atom. The Morgan fingerprint density at radius 3 is 2.40 bits per heavy atom. The molecule has 0 fully saturated rings. The number of sulfone groups is 1. The number of nitrogens with one attached hydrogen (secondary N) is 1. The third kappa shape index (κ3) is 5.55. The summed E-state index contributed by atoms with van der Waals surface area (Å²) in [7, 11) is -3.70. The number of halogens is 1. The predicted molar refractivity (Wildman–Crippen MR) is 116 cm³/mol. The van der Waals surface area contributed by atoms with Crippen molar-refractivity contribution in [2.75, 3.05) is 13.1 Å². The van der Waals surface area contributed by atoms with Crippen molar-refractivity contribution in [3.8, 4) is 0 Å². The van der Waals surface area contributed by atoms with Gasteiger partial charge in [-0.3, -0.25) is 4.79 Å². The summed E-state index contributed by atoms with van der Waals surface area (Å²) < 4.78 is 25.5. The van der Waals surface area contributed by atoms with Gasteiger partial charge in [-0.05, 0) is 60.5 Å². The molecule has 0 aliphatic rings. The van der Waals surface area contributed by atoms with Crippen LogP contribution in [0.4, 0.5) is 0 Å². The van der Waals surface area contributed by atoms with Crippen molar-refractivity contribution in [2.45, 2.75) is 22.3 Å². The van der Waals surface area contributed by atoms with E-state index >= 15 is 0 Å². The Kier molecular flexibility index (Phi) is 7.39. The monoisotopic (exact) mass is 442 g/mol. The first-order chi connectivity index (χ1) is 14.4. The molecule has 3 aromatic rings. The molecule has 3 rings (SSSR count). The SMILES string of the molecule is O=[C]c1cccc(S(=O)(=O)c2ccc(CCNC[C@H](O)c3cccc(Cl)c3)cc2)c1. The van der Waals surface area contributed by atoms with E-state index in [2.05, 4.69) is 5.32 Å². The minimum Gasteiger partial charge on any atom is -0.387 e. The Balaban J connectivity index is 1.56. The Bertz CT molecular complexity index is 1110. The maximum Gasteiger partial charge on any atom is 0.233 e. The predicted octanol–water partition coefficient (Wildman–Crippen LogP) is 3.50. The first-order valence-electron chi connectivity index (χ1n) is 9.36. The molecule has 2 N–H and O–H groups in total. The fourth-order valence-electron chi connectivity index (χ4n) is 3.00. The summed E-state index contributed by atoms with van der Waals surface area (Å²) in [5.74, 6) is 0. The molecule has 1 radical (unpaired) electrons. The van der Waals surface area contributed by atoms with Gasteiger partial charge in [0.15, 0.2) is 0 Å². The largest absolute Gasteiger partial charge is 0.387 e. The molecule has 0 amide bonds. The van der Waals surface area contributed by atoms with Crippen molar-refractivity contribution < 1.29 is 18.3 Å². The standard InChI is InChI=1S/C23H21ClNO4S/c24-20-5-2-4-19(14-20)23(27)15-25-12-11-17-7-9-21(10-8-17)30(28,29)22-6-1-3-18(13-22)16-26/h1-10,13-14,23,25,27H,11-12,15H2/t23-/m0/s1. The molecule has 0 heterocycles. The van der Waals surface area contributed by atoms with Crippen LogP contribution in [0.3, 0.4) is 0 Å². The lowest BCUT2D eigenvalue weighted by Crippen LogP contribution is -2.23. The molecule has 5 nitrogen and oxygen atoms in total. The molecule has 0 saturated carbocycles. The fraction of sp³-hybridized carbons (Fsp3) is 0.174. The van der Waals surface area contributed by atoms with Crippen LogP contribution >= 0.6 is 11.6 Å². The van der Waals surface area contributed by atoms with Gasteiger partial charge in [0.1, 0.15) is 0 Å². The zero-order chi connectivity index (χ0) is 21.6. The zero-order valence-corrected chi connectivity index (χ0v) is 17.7. The summed E-state index contributed by atoms with van der Waals surface area (Å²) >= 11 is 5.94. The summed E-state index contributed by atoms with van der Waals surface area (Å²) in [6, 6.07) is 19.5. The number of hydrogen-bond donors (Lipinski definition) is 2. The summed E-state index contributed by atoms with van der Waals surface area (Å²) in [5.41, 5.74) is 1.91. The molecule has 0 aliphatic heterocycles. The second-order valence-electron chi connectivity index (χ2n) is 6.80. The molecule has 0 aromatic heterocycles. The molecule has 30 heavy (non-hydrogen) atoms. The summed E-state index contributed by atoms with van der Waals surface area (Å²) in [6.45, 7) is 1.01. The molecule has 155 valence electrons. The van der Waals surface area contributed by atoms with Crippen LogP contribution in [0.1, 0.15) is 22.8 Å². The van der Waals surface area contributed by atoms with Gasteiger partial charge in [0.25, 0.3) is 0 Å². The Hall–Kier alpha value is -2.51. The normalized spacial score (nSPS) is 12.5. The van der Waals surface area contributed by atoms with Crippen LogP contribution in [0.5, 0.6) is 0 Å². The van der Waals surface area contributed by atoms with Crippen LogP contribution in [0.25, 0.3) is 0 Å². The fourth-order valence-corrected chi connectivity index (χ4v) is 4.51. The molecule has 7 heteroatoms. The van der Waals surface area contributed by atoms with Gasteiger partial charge in [-0.15, -0.1) is 0 Å². The molecule has 0 unspecified atom stereocenters. The average molecular weight is 443 g/mol. The second kappa shape index (κ2) is 10.00. The van der Waals surface area contributed by atoms with Crippen LogP contribution in [-0.4, -0.2) is 32.9 Å². The number of rotatable bonds is 9. The average Bonchev–Trinajstić information content (AvgIpc) is 2.77. The van der Waals surface area contributed by atoms with Gasteiger partial charge in [-0.25, -0.2) is 8.42 Å². The lowest BCUT2D eigenvalue weighted by molar-refractivity contribution is 0.175. The molecular weight excluding hydrogens is 422 g/mol. The third-order valence-corrected chi connectivity index (χ3v) is 6.66. The van der Waals surface area contributed by atoms with E-state index in [0.29, 0.717) is 24.5 Å². The molecule has 3 aromatic carbocycles. The van der Waals surface area contributed by atoms with Gasteiger partial charge in [-0.2, -0.15) is 0 Å². The van der Waals surface area contributed by atoms with Gasteiger partial charge in [-0.1, -0.05) is 48.0 Å². The molecule has 0 spiro atoms. The minimum atomic E-state index is -3.70. The van der Waals surface area contributed by atoms with Gasteiger partial charge in [0.2, 0.25) is 16.1 Å². The van der Waals surface area contributed by atoms with Gasteiger partial charge >= 0.3 is 0 Å². The Morgan fingerprint density at radius 1 is 0.967 bits per heavy atom. The number of aliphatic hydroxyl groups excluding tert-OH is 1. The number of carbonyl (C=O) groups excluding carboxylic acids is 1. The van der Waals surface area contributed by atoms with E-state index in [9.17, 15) is 18.3 Å². The van der Waals surface area contributed by atoms with Crippen LogP contribution in [0, 0.1) is 0 Å². The van der Waals surface area contributed by atoms with Crippen molar-refractivity contribution >= 4 is 27.7 Å². The van der Waals surface area contributed by atoms with E-state index in [1.54, 1.807) is 48.8 Å². The number of hydrogen-bond acceptors (Lipinski definition) is 5. The molecule has 0 saturated heterocycles. The lowest BCUT2D eigenvalue weighted by atomic mass is 10.1. The topological polar surface area (TPSA) is 83.5 Å². The van der Waals surface area contributed by atoms with Crippen molar-refractivity contribution in [3.05, 3.63) is 94.5 Å². The first-order valence-corrected chi connectivity index (χ1v) is 11.2. The lowest BCUT2D eigenvalue weighted by Gasteiger charge is -2.12. The van der Waals surface area contributed by atoms with Crippen molar-refractivity contribution in [2.24, 2.45) is 0 Å². The highest BCUT2D eigenvalue weighted by atomic mass is 35.5.